The third kappa shape index (κ3) is 3.58. The van der Waals surface area contributed by atoms with Gasteiger partial charge >= 0.3 is 0 Å². The van der Waals surface area contributed by atoms with Crippen LogP contribution in [0.25, 0.3) is 0 Å². The second-order valence-electron chi connectivity index (χ2n) is 4.21. The lowest BCUT2D eigenvalue weighted by atomic mass is 9.95. The molecular weight excluding hydrogens is 274 g/mol. The number of hydrogen-bond acceptors (Lipinski definition) is 6. The van der Waals surface area contributed by atoms with Gasteiger partial charge in [-0.1, -0.05) is 13.8 Å². The zero-order chi connectivity index (χ0) is 12.2. The minimum Gasteiger partial charge on any atom is -0.396 e. The maximum atomic E-state index is 9.13. The quantitative estimate of drug-likeness (QED) is 0.476. The lowest BCUT2D eigenvalue weighted by Crippen LogP contribution is -2.27. The molecule has 1 rings (SSSR count). The van der Waals surface area contributed by atoms with Gasteiger partial charge in [0.2, 0.25) is 5.95 Å². The van der Waals surface area contributed by atoms with E-state index in [1.54, 1.807) is 6.20 Å². The fourth-order valence-electron chi connectivity index (χ4n) is 0.940. The standard InChI is InChI=1S/C9H16BrN5O/c1-9(2,5-16)4-13-7-6(10)3-12-8(14-7)15-11/h3,16H,4-5,11H2,1-2H3,(H2,12,13,14,15). The molecule has 0 unspecified atom stereocenters. The van der Waals surface area contributed by atoms with Gasteiger partial charge in [-0.05, 0) is 15.9 Å². The molecule has 90 valence electrons. The average molecular weight is 290 g/mol. The van der Waals surface area contributed by atoms with Gasteiger partial charge in [0.05, 0.1) is 4.47 Å². The van der Waals surface area contributed by atoms with Crippen LogP contribution in [0.3, 0.4) is 0 Å². The molecular formula is C9H16BrN5O. The molecule has 0 saturated carbocycles. The highest BCUT2D eigenvalue weighted by Gasteiger charge is 2.17. The van der Waals surface area contributed by atoms with Gasteiger partial charge in [0.1, 0.15) is 5.82 Å². The maximum Gasteiger partial charge on any atom is 0.239 e. The van der Waals surface area contributed by atoms with E-state index in [0.717, 1.165) is 4.47 Å². The summed E-state index contributed by atoms with van der Waals surface area (Å²) >= 11 is 3.33. The first kappa shape index (κ1) is 13.1. The van der Waals surface area contributed by atoms with Gasteiger partial charge in [0, 0.05) is 24.8 Å². The minimum atomic E-state index is -0.208. The molecule has 0 aromatic carbocycles. The zero-order valence-electron chi connectivity index (χ0n) is 9.29. The van der Waals surface area contributed by atoms with Crippen molar-refractivity contribution in [3.63, 3.8) is 0 Å². The predicted octanol–water partition coefficient (Wildman–Crippen LogP) is 0.955. The number of nitrogens with one attached hydrogen (secondary N) is 2. The van der Waals surface area contributed by atoms with E-state index in [1.807, 2.05) is 13.8 Å². The Morgan fingerprint density at radius 2 is 2.25 bits per heavy atom. The molecule has 0 aliphatic carbocycles. The maximum absolute atomic E-state index is 9.13. The molecule has 0 spiro atoms. The molecule has 0 bridgehead atoms. The van der Waals surface area contributed by atoms with Crippen molar-refractivity contribution in [3.8, 4) is 0 Å². The summed E-state index contributed by atoms with van der Waals surface area (Å²) in [6, 6.07) is 0. The van der Waals surface area contributed by atoms with Crippen LogP contribution in [0, 0.1) is 5.41 Å². The van der Waals surface area contributed by atoms with Crippen molar-refractivity contribution >= 4 is 27.7 Å². The Morgan fingerprint density at radius 1 is 1.56 bits per heavy atom. The Morgan fingerprint density at radius 3 is 2.81 bits per heavy atom. The van der Waals surface area contributed by atoms with Crippen molar-refractivity contribution in [2.45, 2.75) is 13.8 Å². The van der Waals surface area contributed by atoms with Gasteiger partial charge < -0.3 is 10.4 Å². The Bertz CT molecular complexity index is 358. The summed E-state index contributed by atoms with van der Waals surface area (Å²) in [6.07, 6.45) is 1.61. The van der Waals surface area contributed by atoms with Crippen molar-refractivity contribution in [2.24, 2.45) is 11.3 Å². The van der Waals surface area contributed by atoms with Crippen molar-refractivity contribution in [1.29, 1.82) is 0 Å². The number of rotatable bonds is 5. The lowest BCUT2D eigenvalue weighted by molar-refractivity contribution is 0.170. The largest absolute Gasteiger partial charge is 0.396 e. The summed E-state index contributed by atoms with van der Waals surface area (Å²) in [6.45, 7) is 4.61. The molecule has 7 heteroatoms. The highest BCUT2D eigenvalue weighted by Crippen LogP contribution is 2.22. The molecule has 16 heavy (non-hydrogen) atoms. The van der Waals surface area contributed by atoms with Gasteiger partial charge in [0.25, 0.3) is 0 Å². The Balaban J connectivity index is 2.73. The second kappa shape index (κ2) is 5.42. The van der Waals surface area contributed by atoms with E-state index >= 15 is 0 Å². The molecule has 0 aliphatic heterocycles. The summed E-state index contributed by atoms with van der Waals surface area (Å²) in [4.78, 5) is 8.08. The number of nitrogens with zero attached hydrogens (tertiary/aromatic N) is 2. The van der Waals surface area contributed by atoms with E-state index in [2.05, 4.69) is 36.6 Å². The van der Waals surface area contributed by atoms with E-state index in [1.165, 1.54) is 0 Å². The van der Waals surface area contributed by atoms with Gasteiger partial charge in [-0.25, -0.2) is 10.8 Å². The van der Waals surface area contributed by atoms with E-state index in [-0.39, 0.29) is 12.0 Å². The molecule has 0 saturated heterocycles. The third-order valence-electron chi connectivity index (χ3n) is 2.04. The summed E-state index contributed by atoms with van der Waals surface area (Å²) in [5.74, 6) is 6.20. The summed E-state index contributed by atoms with van der Waals surface area (Å²) < 4.78 is 0.750. The van der Waals surface area contributed by atoms with Crippen LogP contribution in [0.15, 0.2) is 10.7 Å². The van der Waals surface area contributed by atoms with Crippen LogP contribution in [-0.2, 0) is 0 Å². The van der Waals surface area contributed by atoms with E-state index < -0.39 is 0 Å². The number of anilines is 2. The summed E-state index contributed by atoms with van der Waals surface area (Å²) in [7, 11) is 0. The molecule has 0 amide bonds. The monoisotopic (exact) mass is 289 g/mol. The van der Waals surface area contributed by atoms with Gasteiger partial charge in [0.15, 0.2) is 0 Å². The van der Waals surface area contributed by atoms with Crippen molar-refractivity contribution in [3.05, 3.63) is 10.7 Å². The predicted molar refractivity (Wildman–Crippen MR) is 66.9 cm³/mol. The SMILES string of the molecule is CC(C)(CO)CNc1nc(NN)ncc1Br. The van der Waals surface area contributed by atoms with E-state index in [4.69, 9.17) is 10.9 Å². The molecule has 0 aliphatic rings. The summed E-state index contributed by atoms with van der Waals surface area (Å²) in [5, 5.41) is 12.3. The van der Waals surface area contributed by atoms with Crippen molar-refractivity contribution < 1.29 is 5.11 Å². The number of aliphatic hydroxyl groups excluding tert-OH is 1. The third-order valence-corrected chi connectivity index (χ3v) is 2.62. The number of aromatic nitrogens is 2. The Hall–Kier alpha value is -0.920. The fraction of sp³-hybridized carbons (Fsp3) is 0.556. The molecule has 1 aromatic rings. The van der Waals surface area contributed by atoms with Crippen LogP contribution < -0.4 is 16.6 Å². The van der Waals surface area contributed by atoms with Crippen LogP contribution in [0.5, 0.6) is 0 Å². The minimum absolute atomic E-state index is 0.102. The number of nitrogens with two attached hydrogens (primary N) is 1. The van der Waals surface area contributed by atoms with E-state index in [9.17, 15) is 0 Å². The molecule has 1 aromatic heterocycles. The highest BCUT2D eigenvalue weighted by molar-refractivity contribution is 9.10. The Labute approximate surface area is 103 Å². The Kier molecular flexibility index (Phi) is 4.45. The van der Waals surface area contributed by atoms with E-state index in [0.29, 0.717) is 18.3 Å². The number of hydrazine groups is 1. The number of halogens is 1. The van der Waals surface area contributed by atoms with Crippen LogP contribution >= 0.6 is 15.9 Å². The van der Waals surface area contributed by atoms with Crippen molar-refractivity contribution in [2.75, 3.05) is 23.9 Å². The van der Waals surface area contributed by atoms with Gasteiger partial charge in [-0.2, -0.15) is 4.98 Å². The normalized spacial score (nSPS) is 11.3. The molecule has 0 atom stereocenters. The lowest BCUT2D eigenvalue weighted by Gasteiger charge is -2.22. The number of nitrogen functional groups attached to an aromatic ring is 1. The van der Waals surface area contributed by atoms with Gasteiger partial charge in [-0.3, -0.25) is 5.43 Å². The van der Waals surface area contributed by atoms with Crippen LogP contribution in [0.4, 0.5) is 11.8 Å². The topological polar surface area (TPSA) is 96.1 Å². The summed E-state index contributed by atoms with van der Waals surface area (Å²) in [5.41, 5.74) is 2.17. The molecule has 0 fully saturated rings. The highest BCUT2D eigenvalue weighted by atomic mass is 79.9. The van der Waals surface area contributed by atoms with Gasteiger partial charge in [-0.15, -0.1) is 0 Å². The average Bonchev–Trinajstić information content (AvgIpc) is 2.28. The molecule has 5 N–H and O–H groups in total. The first-order valence-corrected chi connectivity index (χ1v) is 5.62. The fourth-order valence-corrected chi connectivity index (χ4v) is 1.27. The number of hydrogen-bond donors (Lipinski definition) is 4. The smallest absolute Gasteiger partial charge is 0.239 e. The van der Waals surface area contributed by atoms with Crippen molar-refractivity contribution in [1.82, 2.24) is 9.97 Å². The molecule has 6 nitrogen and oxygen atoms in total. The molecule has 0 radical (unpaired) electrons. The van der Waals surface area contributed by atoms with Crippen LogP contribution in [-0.4, -0.2) is 28.2 Å². The van der Waals surface area contributed by atoms with Crippen LogP contribution in [0.2, 0.25) is 0 Å². The second-order valence-corrected chi connectivity index (χ2v) is 5.06. The van der Waals surface area contributed by atoms with Crippen LogP contribution in [0.1, 0.15) is 13.8 Å². The number of aliphatic hydroxyl groups is 1. The zero-order valence-corrected chi connectivity index (χ0v) is 10.9. The molecule has 1 heterocycles. The first-order valence-electron chi connectivity index (χ1n) is 4.82. The first-order chi connectivity index (χ1) is 7.48.